The van der Waals surface area contributed by atoms with Gasteiger partial charge in [-0.25, -0.2) is 5.01 Å². The zero-order valence-corrected chi connectivity index (χ0v) is 12.8. The Morgan fingerprint density at radius 2 is 2.00 bits per heavy atom. The van der Waals surface area contributed by atoms with Gasteiger partial charge in [0.25, 0.3) is 0 Å². The van der Waals surface area contributed by atoms with Crippen LogP contribution in [0.5, 0.6) is 0 Å². The molecule has 1 saturated heterocycles. The van der Waals surface area contributed by atoms with Crippen LogP contribution in [0.15, 0.2) is 0 Å². The number of piperidine rings is 1. The molecule has 2 atom stereocenters. The molecule has 6 heteroatoms. The smallest absolute Gasteiger partial charge is 0.311 e. The van der Waals surface area contributed by atoms with Crippen LogP contribution in [-0.4, -0.2) is 41.7 Å². The molecule has 0 amide bonds. The largest absolute Gasteiger partial charge is 0.466 e. The molecule has 1 fully saturated rings. The molecule has 0 spiro atoms. The van der Waals surface area contributed by atoms with E-state index in [9.17, 15) is 9.59 Å². The first-order valence-corrected chi connectivity index (χ1v) is 7.14. The minimum absolute atomic E-state index is 0.119. The normalized spacial score (nSPS) is 24.2. The Morgan fingerprint density at radius 1 is 1.35 bits per heavy atom. The summed E-state index contributed by atoms with van der Waals surface area (Å²) in [6.45, 7) is 8.23. The van der Waals surface area contributed by atoms with E-state index < -0.39 is 5.60 Å². The molecule has 1 aliphatic rings. The Bertz CT molecular complexity index is 352. The minimum Gasteiger partial charge on any atom is -0.466 e. The summed E-state index contributed by atoms with van der Waals surface area (Å²) in [5, 5.41) is 1.56. The van der Waals surface area contributed by atoms with Gasteiger partial charge in [-0.2, -0.15) is 0 Å². The van der Waals surface area contributed by atoms with Crippen molar-refractivity contribution in [3.05, 3.63) is 0 Å². The molecule has 20 heavy (non-hydrogen) atoms. The van der Waals surface area contributed by atoms with Crippen molar-refractivity contribution in [2.45, 2.75) is 58.6 Å². The highest BCUT2D eigenvalue weighted by Crippen LogP contribution is 2.27. The second kappa shape index (κ2) is 7.04. The highest BCUT2D eigenvalue weighted by molar-refractivity contribution is 5.76. The summed E-state index contributed by atoms with van der Waals surface area (Å²) in [5.41, 5.74) is -0.539. The lowest BCUT2D eigenvalue weighted by molar-refractivity contribution is -0.165. The summed E-state index contributed by atoms with van der Waals surface area (Å²) in [6, 6.07) is -0.349. The third kappa shape index (κ3) is 5.09. The average Bonchev–Trinajstić information content (AvgIpc) is 2.29. The van der Waals surface area contributed by atoms with Crippen LogP contribution >= 0.6 is 0 Å². The average molecular weight is 286 g/mol. The first kappa shape index (κ1) is 16.9. The maximum Gasteiger partial charge on any atom is 0.311 e. The van der Waals surface area contributed by atoms with Crippen LogP contribution in [0.3, 0.4) is 0 Å². The first-order valence-electron chi connectivity index (χ1n) is 7.14. The van der Waals surface area contributed by atoms with Gasteiger partial charge >= 0.3 is 11.9 Å². The zero-order valence-electron chi connectivity index (χ0n) is 12.8. The molecule has 1 heterocycles. The van der Waals surface area contributed by atoms with Crippen LogP contribution in [-0.2, 0) is 19.1 Å². The molecule has 6 nitrogen and oxygen atoms in total. The SMILES string of the molecule is CCOC(=O)C[C@@H]1[C@H](C(=O)OC(C)(C)C)CCCN1N. The summed E-state index contributed by atoms with van der Waals surface area (Å²) in [4.78, 5) is 23.9. The van der Waals surface area contributed by atoms with Gasteiger partial charge in [0.15, 0.2) is 0 Å². The molecule has 0 bridgehead atoms. The summed E-state index contributed by atoms with van der Waals surface area (Å²) in [6.07, 6.45) is 1.63. The number of carbonyl (C=O) groups excluding carboxylic acids is 2. The van der Waals surface area contributed by atoms with Gasteiger partial charge in [0, 0.05) is 12.6 Å². The standard InChI is InChI=1S/C14H26N2O4/c1-5-19-12(17)9-11-10(7-6-8-16(11)15)13(18)20-14(2,3)4/h10-11H,5-9,15H2,1-4H3/t10-,11-/m1/s1. The van der Waals surface area contributed by atoms with Crippen molar-refractivity contribution in [1.82, 2.24) is 5.01 Å². The van der Waals surface area contributed by atoms with Gasteiger partial charge in [-0.1, -0.05) is 0 Å². The topological polar surface area (TPSA) is 81.9 Å². The van der Waals surface area contributed by atoms with E-state index in [1.807, 2.05) is 20.8 Å². The van der Waals surface area contributed by atoms with E-state index in [0.717, 1.165) is 6.42 Å². The lowest BCUT2D eigenvalue weighted by atomic mass is 9.88. The van der Waals surface area contributed by atoms with E-state index in [-0.39, 0.29) is 30.3 Å². The molecule has 0 aromatic rings. The van der Waals surface area contributed by atoms with Crippen molar-refractivity contribution < 1.29 is 19.1 Å². The van der Waals surface area contributed by atoms with E-state index in [4.69, 9.17) is 15.3 Å². The fourth-order valence-electron chi connectivity index (χ4n) is 2.39. The Hall–Kier alpha value is -1.14. The Kier molecular flexibility index (Phi) is 5.95. The first-order chi connectivity index (χ1) is 9.24. The number of hydrazine groups is 1. The van der Waals surface area contributed by atoms with E-state index in [2.05, 4.69) is 0 Å². The number of nitrogens with zero attached hydrogens (tertiary/aromatic N) is 1. The third-order valence-corrected chi connectivity index (χ3v) is 3.21. The minimum atomic E-state index is -0.539. The number of nitrogens with two attached hydrogens (primary N) is 1. The van der Waals surface area contributed by atoms with Gasteiger partial charge in [0.05, 0.1) is 18.9 Å². The van der Waals surface area contributed by atoms with E-state index in [1.165, 1.54) is 0 Å². The van der Waals surface area contributed by atoms with Crippen LogP contribution in [0.1, 0.15) is 47.0 Å². The van der Waals surface area contributed by atoms with Crippen molar-refractivity contribution in [3.8, 4) is 0 Å². The lowest BCUT2D eigenvalue weighted by Crippen LogP contribution is -2.53. The molecule has 1 rings (SSSR count). The molecule has 0 radical (unpaired) electrons. The summed E-state index contributed by atoms with van der Waals surface area (Å²) in [5.74, 6) is 4.94. The summed E-state index contributed by atoms with van der Waals surface area (Å²) >= 11 is 0. The van der Waals surface area contributed by atoms with E-state index in [1.54, 1.807) is 11.9 Å². The number of rotatable bonds is 4. The predicted molar refractivity (Wildman–Crippen MR) is 74.5 cm³/mol. The Morgan fingerprint density at radius 3 is 2.55 bits per heavy atom. The third-order valence-electron chi connectivity index (χ3n) is 3.21. The van der Waals surface area contributed by atoms with Crippen molar-refractivity contribution in [1.29, 1.82) is 0 Å². The molecule has 0 unspecified atom stereocenters. The van der Waals surface area contributed by atoms with Crippen LogP contribution in [0.2, 0.25) is 0 Å². The molecule has 0 saturated carbocycles. The monoisotopic (exact) mass is 286 g/mol. The molecule has 2 N–H and O–H groups in total. The van der Waals surface area contributed by atoms with Gasteiger partial charge in [-0.3, -0.25) is 15.4 Å². The van der Waals surface area contributed by atoms with Gasteiger partial charge < -0.3 is 9.47 Å². The maximum absolute atomic E-state index is 12.3. The lowest BCUT2D eigenvalue weighted by Gasteiger charge is -2.37. The van der Waals surface area contributed by atoms with Crippen LogP contribution < -0.4 is 5.84 Å². The number of hydrogen-bond acceptors (Lipinski definition) is 6. The highest BCUT2D eigenvalue weighted by atomic mass is 16.6. The predicted octanol–water partition coefficient (Wildman–Crippen LogP) is 1.24. The fraction of sp³-hybridized carbons (Fsp3) is 0.857. The molecule has 0 aliphatic carbocycles. The van der Waals surface area contributed by atoms with Gasteiger partial charge in [0.2, 0.25) is 0 Å². The second-order valence-electron chi connectivity index (χ2n) is 6.10. The second-order valence-corrected chi connectivity index (χ2v) is 6.10. The Balaban J connectivity index is 2.74. The molecular weight excluding hydrogens is 260 g/mol. The van der Waals surface area contributed by atoms with Gasteiger partial charge in [0.1, 0.15) is 5.60 Å². The van der Waals surface area contributed by atoms with Crippen LogP contribution in [0, 0.1) is 5.92 Å². The quantitative estimate of drug-likeness (QED) is 0.618. The maximum atomic E-state index is 12.3. The fourth-order valence-corrected chi connectivity index (χ4v) is 2.39. The number of carbonyl (C=O) groups is 2. The summed E-state index contributed by atoms with van der Waals surface area (Å²) < 4.78 is 10.4. The van der Waals surface area contributed by atoms with Crippen LogP contribution in [0.25, 0.3) is 0 Å². The number of hydrogen-bond donors (Lipinski definition) is 1. The number of ether oxygens (including phenoxy) is 2. The van der Waals surface area contributed by atoms with Gasteiger partial charge in [-0.05, 0) is 40.5 Å². The van der Waals surface area contributed by atoms with Crippen LogP contribution in [0.4, 0.5) is 0 Å². The summed E-state index contributed by atoms with van der Waals surface area (Å²) in [7, 11) is 0. The molecule has 1 aliphatic heterocycles. The molecule has 116 valence electrons. The number of esters is 2. The van der Waals surface area contributed by atoms with E-state index in [0.29, 0.717) is 19.6 Å². The van der Waals surface area contributed by atoms with Gasteiger partial charge in [-0.15, -0.1) is 0 Å². The van der Waals surface area contributed by atoms with Crippen molar-refractivity contribution in [3.63, 3.8) is 0 Å². The molecule has 0 aromatic heterocycles. The Labute approximate surface area is 120 Å². The van der Waals surface area contributed by atoms with Crippen molar-refractivity contribution in [2.24, 2.45) is 11.8 Å². The highest BCUT2D eigenvalue weighted by Gasteiger charge is 2.38. The molecule has 0 aromatic carbocycles. The van der Waals surface area contributed by atoms with E-state index >= 15 is 0 Å². The van der Waals surface area contributed by atoms with Crippen molar-refractivity contribution in [2.75, 3.05) is 13.2 Å². The molecular formula is C14H26N2O4. The van der Waals surface area contributed by atoms with Crippen molar-refractivity contribution >= 4 is 11.9 Å². The zero-order chi connectivity index (χ0) is 15.3.